The second-order valence-electron chi connectivity index (χ2n) is 3.94. The average molecular weight is 278 g/mol. The standard InChI is InChI=1S/C13H14N2O3S/c1-8-11(9(2)18-15-8)7-19-12-10(13(16)17-3)5-4-6-14-12/h4-6H,7H2,1-3H3. The molecule has 0 saturated carbocycles. The van der Waals surface area contributed by atoms with Crippen molar-refractivity contribution in [2.24, 2.45) is 0 Å². The Kier molecular flexibility index (Phi) is 4.21. The smallest absolute Gasteiger partial charge is 0.340 e. The van der Waals surface area contributed by atoms with Gasteiger partial charge in [-0.15, -0.1) is 11.8 Å². The van der Waals surface area contributed by atoms with E-state index < -0.39 is 0 Å². The number of rotatable bonds is 4. The molecule has 0 saturated heterocycles. The van der Waals surface area contributed by atoms with E-state index in [1.165, 1.54) is 18.9 Å². The van der Waals surface area contributed by atoms with Crippen LogP contribution in [0.25, 0.3) is 0 Å². The first-order chi connectivity index (χ1) is 9.13. The summed E-state index contributed by atoms with van der Waals surface area (Å²) in [7, 11) is 1.36. The number of thioether (sulfide) groups is 1. The number of hydrogen-bond donors (Lipinski definition) is 0. The number of ether oxygens (including phenoxy) is 1. The molecular formula is C13H14N2O3S. The molecule has 2 aromatic rings. The van der Waals surface area contributed by atoms with Crippen LogP contribution in [0.1, 0.15) is 27.4 Å². The van der Waals surface area contributed by atoms with E-state index in [4.69, 9.17) is 9.26 Å². The number of esters is 1. The third-order valence-electron chi connectivity index (χ3n) is 2.71. The maximum absolute atomic E-state index is 11.6. The van der Waals surface area contributed by atoms with Crippen LogP contribution >= 0.6 is 11.8 Å². The molecule has 0 radical (unpaired) electrons. The molecule has 100 valence electrons. The normalized spacial score (nSPS) is 10.5. The summed E-state index contributed by atoms with van der Waals surface area (Å²) >= 11 is 1.46. The molecule has 0 bridgehead atoms. The van der Waals surface area contributed by atoms with Crippen molar-refractivity contribution in [3.8, 4) is 0 Å². The summed E-state index contributed by atoms with van der Waals surface area (Å²) in [6.07, 6.45) is 1.65. The topological polar surface area (TPSA) is 65.2 Å². The molecule has 0 unspecified atom stereocenters. The largest absolute Gasteiger partial charge is 0.465 e. The molecule has 0 aliphatic heterocycles. The van der Waals surface area contributed by atoms with Gasteiger partial charge in [-0.25, -0.2) is 9.78 Å². The van der Waals surface area contributed by atoms with Crippen molar-refractivity contribution in [1.29, 1.82) is 0 Å². The molecular weight excluding hydrogens is 264 g/mol. The summed E-state index contributed by atoms with van der Waals surface area (Å²) < 4.78 is 9.85. The molecule has 2 aromatic heterocycles. The molecule has 0 spiro atoms. The SMILES string of the molecule is COC(=O)c1cccnc1SCc1c(C)noc1C. The molecule has 5 nitrogen and oxygen atoms in total. The Balaban J connectivity index is 2.18. The van der Waals surface area contributed by atoms with Crippen LogP contribution in [0.5, 0.6) is 0 Å². The van der Waals surface area contributed by atoms with E-state index in [2.05, 4.69) is 10.1 Å². The van der Waals surface area contributed by atoms with E-state index in [0.717, 1.165) is 17.0 Å². The number of carbonyl (C=O) groups excluding carboxylic acids is 1. The number of methoxy groups -OCH3 is 1. The predicted molar refractivity (Wildman–Crippen MR) is 71.1 cm³/mol. The zero-order valence-corrected chi connectivity index (χ0v) is 11.8. The summed E-state index contributed by atoms with van der Waals surface area (Å²) in [5.74, 6) is 1.07. The first-order valence-corrected chi connectivity index (χ1v) is 6.70. The molecule has 0 amide bonds. The van der Waals surface area contributed by atoms with Gasteiger partial charge in [0.05, 0.1) is 18.4 Å². The van der Waals surface area contributed by atoms with Crippen molar-refractivity contribution in [1.82, 2.24) is 10.1 Å². The van der Waals surface area contributed by atoms with Gasteiger partial charge in [0.15, 0.2) is 0 Å². The lowest BCUT2D eigenvalue weighted by Gasteiger charge is -2.05. The summed E-state index contributed by atoms with van der Waals surface area (Å²) in [5.41, 5.74) is 2.37. The van der Waals surface area contributed by atoms with E-state index >= 15 is 0 Å². The van der Waals surface area contributed by atoms with Crippen LogP contribution in [0, 0.1) is 13.8 Å². The van der Waals surface area contributed by atoms with Gasteiger partial charge in [0.1, 0.15) is 10.8 Å². The van der Waals surface area contributed by atoms with Crippen molar-refractivity contribution < 1.29 is 14.1 Å². The van der Waals surface area contributed by atoms with Gasteiger partial charge in [-0.2, -0.15) is 0 Å². The number of aromatic nitrogens is 2. The van der Waals surface area contributed by atoms with E-state index in [0.29, 0.717) is 16.3 Å². The molecule has 0 fully saturated rings. The van der Waals surface area contributed by atoms with Gasteiger partial charge in [-0.3, -0.25) is 0 Å². The predicted octanol–water partition coefficient (Wildman–Crippen LogP) is 2.77. The van der Waals surface area contributed by atoms with Crippen LogP contribution in [0.2, 0.25) is 0 Å². The Hall–Kier alpha value is -1.82. The van der Waals surface area contributed by atoms with Crippen molar-refractivity contribution in [2.45, 2.75) is 24.6 Å². The monoisotopic (exact) mass is 278 g/mol. The van der Waals surface area contributed by atoms with Crippen LogP contribution in [-0.2, 0) is 10.5 Å². The second kappa shape index (κ2) is 5.88. The highest BCUT2D eigenvalue weighted by molar-refractivity contribution is 7.98. The fourth-order valence-corrected chi connectivity index (χ4v) is 2.76. The molecule has 19 heavy (non-hydrogen) atoms. The van der Waals surface area contributed by atoms with Crippen LogP contribution in [-0.4, -0.2) is 23.2 Å². The summed E-state index contributed by atoms with van der Waals surface area (Å²) in [6, 6.07) is 3.42. The van der Waals surface area contributed by atoms with Crippen molar-refractivity contribution in [3.63, 3.8) is 0 Å². The highest BCUT2D eigenvalue weighted by Crippen LogP contribution is 2.27. The second-order valence-corrected chi connectivity index (χ2v) is 4.90. The molecule has 2 heterocycles. The maximum Gasteiger partial charge on any atom is 0.340 e. The van der Waals surface area contributed by atoms with Crippen LogP contribution in [0.3, 0.4) is 0 Å². The highest BCUT2D eigenvalue weighted by Gasteiger charge is 2.15. The number of nitrogens with zero attached hydrogens (tertiary/aromatic N) is 2. The fourth-order valence-electron chi connectivity index (χ4n) is 1.62. The first kappa shape index (κ1) is 13.6. The van der Waals surface area contributed by atoms with Crippen molar-refractivity contribution >= 4 is 17.7 Å². The van der Waals surface area contributed by atoms with Crippen LogP contribution in [0.4, 0.5) is 0 Å². The Bertz CT molecular complexity index is 576. The van der Waals surface area contributed by atoms with Gasteiger partial charge in [0, 0.05) is 17.5 Å². The summed E-state index contributed by atoms with van der Waals surface area (Å²) in [6.45, 7) is 3.77. The maximum atomic E-state index is 11.6. The minimum atomic E-state index is -0.380. The van der Waals surface area contributed by atoms with Gasteiger partial charge >= 0.3 is 5.97 Å². The van der Waals surface area contributed by atoms with E-state index in [9.17, 15) is 4.79 Å². The lowest BCUT2D eigenvalue weighted by atomic mass is 10.2. The molecule has 0 aliphatic carbocycles. The lowest BCUT2D eigenvalue weighted by molar-refractivity contribution is 0.0596. The summed E-state index contributed by atoms with van der Waals surface area (Å²) in [5, 5.41) is 4.55. The van der Waals surface area contributed by atoms with Gasteiger partial charge in [0.2, 0.25) is 0 Å². The van der Waals surface area contributed by atoms with Gasteiger partial charge < -0.3 is 9.26 Å². The van der Waals surface area contributed by atoms with Crippen LogP contribution < -0.4 is 0 Å². The molecule has 6 heteroatoms. The molecule has 0 atom stereocenters. The minimum Gasteiger partial charge on any atom is -0.465 e. The number of pyridine rings is 1. The number of aryl methyl sites for hydroxylation is 2. The molecule has 0 aromatic carbocycles. The van der Waals surface area contributed by atoms with Crippen molar-refractivity contribution in [2.75, 3.05) is 7.11 Å². The Morgan fingerprint density at radius 1 is 1.47 bits per heavy atom. The Labute approximate surface area is 115 Å². The quantitative estimate of drug-likeness (QED) is 0.633. The first-order valence-electron chi connectivity index (χ1n) is 5.71. The average Bonchev–Trinajstić information content (AvgIpc) is 2.75. The van der Waals surface area contributed by atoms with E-state index in [1.54, 1.807) is 18.3 Å². The lowest BCUT2D eigenvalue weighted by Crippen LogP contribution is -2.04. The van der Waals surface area contributed by atoms with E-state index in [-0.39, 0.29) is 5.97 Å². The van der Waals surface area contributed by atoms with Crippen molar-refractivity contribution in [3.05, 3.63) is 40.9 Å². The fraction of sp³-hybridized carbons (Fsp3) is 0.308. The summed E-state index contributed by atoms with van der Waals surface area (Å²) in [4.78, 5) is 15.8. The number of hydrogen-bond acceptors (Lipinski definition) is 6. The Morgan fingerprint density at radius 3 is 2.89 bits per heavy atom. The van der Waals surface area contributed by atoms with Gasteiger partial charge in [-0.05, 0) is 26.0 Å². The highest BCUT2D eigenvalue weighted by atomic mass is 32.2. The van der Waals surface area contributed by atoms with E-state index in [1.807, 2.05) is 13.8 Å². The zero-order chi connectivity index (χ0) is 13.8. The third-order valence-corrected chi connectivity index (χ3v) is 3.74. The minimum absolute atomic E-state index is 0.380. The van der Waals surface area contributed by atoms with Gasteiger partial charge in [-0.1, -0.05) is 5.16 Å². The van der Waals surface area contributed by atoms with Crippen LogP contribution in [0.15, 0.2) is 27.9 Å². The zero-order valence-electron chi connectivity index (χ0n) is 11.0. The molecule has 0 N–H and O–H groups in total. The van der Waals surface area contributed by atoms with Gasteiger partial charge in [0.25, 0.3) is 0 Å². The molecule has 0 aliphatic rings. The Morgan fingerprint density at radius 2 is 2.26 bits per heavy atom. The molecule has 2 rings (SSSR count). The number of carbonyl (C=O) groups is 1. The third kappa shape index (κ3) is 2.96.